The van der Waals surface area contributed by atoms with Crippen LogP contribution in [0.4, 0.5) is 0 Å². The van der Waals surface area contributed by atoms with E-state index in [4.69, 9.17) is 11.6 Å². The minimum atomic E-state index is -0.497. The number of carbonyl (C=O) groups excluding carboxylic acids is 1. The third-order valence-electron chi connectivity index (χ3n) is 3.12. The molecule has 0 radical (unpaired) electrons. The van der Waals surface area contributed by atoms with E-state index in [-0.39, 0.29) is 12.5 Å². The second kappa shape index (κ2) is 6.53. The molecule has 0 N–H and O–H groups in total. The van der Waals surface area contributed by atoms with Crippen LogP contribution < -0.4 is 5.69 Å². The van der Waals surface area contributed by atoms with Crippen molar-refractivity contribution in [3.8, 4) is 5.69 Å². The lowest BCUT2D eigenvalue weighted by molar-refractivity contribution is -0.131. The van der Waals surface area contributed by atoms with E-state index in [1.165, 1.54) is 0 Å². The standard InChI is InChI=1S/C13H16ClN5O2/c1-3-17(4-2)12(20)9-18-13(21)19(16-15-18)11-8-6-5-7-10(11)14/h5-8H,3-4,9H2,1-2H3. The van der Waals surface area contributed by atoms with Crippen LogP contribution in [0.2, 0.25) is 5.02 Å². The number of hydrogen-bond acceptors (Lipinski definition) is 4. The number of carbonyl (C=O) groups is 1. The highest BCUT2D eigenvalue weighted by atomic mass is 35.5. The Hall–Kier alpha value is -2.15. The van der Waals surface area contributed by atoms with Crippen molar-refractivity contribution in [1.29, 1.82) is 0 Å². The number of nitrogens with zero attached hydrogens (tertiary/aromatic N) is 5. The summed E-state index contributed by atoms with van der Waals surface area (Å²) in [7, 11) is 0. The van der Waals surface area contributed by atoms with Crippen molar-refractivity contribution in [2.24, 2.45) is 0 Å². The molecule has 1 amide bonds. The topological polar surface area (TPSA) is 73.0 Å². The number of amides is 1. The van der Waals surface area contributed by atoms with Crippen molar-refractivity contribution < 1.29 is 4.79 Å². The molecule has 0 unspecified atom stereocenters. The molecule has 2 rings (SSSR count). The van der Waals surface area contributed by atoms with Crippen molar-refractivity contribution >= 4 is 17.5 Å². The van der Waals surface area contributed by atoms with Gasteiger partial charge in [0.15, 0.2) is 0 Å². The van der Waals surface area contributed by atoms with E-state index in [0.29, 0.717) is 23.8 Å². The van der Waals surface area contributed by atoms with Crippen LogP contribution >= 0.6 is 11.6 Å². The zero-order valence-corrected chi connectivity index (χ0v) is 12.6. The number of likely N-dealkylation sites (N-methyl/N-ethyl adjacent to an activating group) is 1. The molecule has 0 atom stereocenters. The largest absolute Gasteiger partial charge is 0.369 e. The molecule has 21 heavy (non-hydrogen) atoms. The molecule has 0 bridgehead atoms. The predicted octanol–water partition coefficient (Wildman–Crippen LogP) is 0.951. The monoisotopic (exact) mass is 309 g/mol. The molecule has 112 valence electrons. The third-order valence-corrected chi connectivity index (χ3v) is 3.44. The predicted molar refractivity (Wildman–Crippen MR) is 78.6 cm³/mol. The first-order valence-corrected chi connectivity index (χ1v) is 7.01. The summed E-state index contributed by atoms with van der Waals surface area (Å²) in [5.74, 6) is -0.173. The molecule has 0 fully saturated rings. The van der Waals surface area contributed by atoms with Gasteiger partial charge in [-0.2, -0.15) is 9.36 Å². The van der Waals surface area contributed by atoms with Crippen LogP contribution in [0.15, 0.2) is 29.1 Å². The molecule has 0 aliphatic heterocycles. The van der Waals surface area contributed by atoms with E-state index in [1.54, 1.807) is 29.2 Å². The van der Waals surface area contributed by atoms with Gasteiger partial charge in [-0.05, 0) is 36.4 Å². The minimum absolute atomic E-state index is 0.134. The lowest BCUT2D eigenvalue weighted by atomic mass is 10.3. The van der Waals surface area contributed by atoms with Crippen molar-refractivity contribution in [3.63, 3.8) is 0 Å². The summed E-state index contributed by atoms with van der Waals surface area (Å²) in [6.45, 7) is 4.80. The van der Waals surface area contributed by atoms with Crippen LogP contribution in [0.1, 0.15) is 13.8 Å². The summed E-state index contributed by atoms with van der Waals surface area (Å²) < 4.78 is 2.11. The SMILES string of the molecule is CCN(CC)C(=O)Cn1nnn(-c2ccccc2Cl)c1=O. The zero-order chi connectivity index (χ0) is 15.4. The van der Waals surface area contributed by atoms with Crippen LogP contribution in [-0.4, -0.2) is 43.7 Å². The van der Waals surface area contributed by atoms with Crippen molar-refractivity contribution in [2.45, 2.75) is 20.4 Å². The highest BCUT2D eigenvalue weighted by Gasteiger charge is 2.16. The first kappa shape index (κ1) is 15.2. The summed E-state index contributed by atoms with van der Waals surface area (Å²) in [6, 6.07) is 6.82. The van der Waals surface area contributed by atoms with Gasteiger partial charge in [0.2, 0.25) is 5.91 Å². The second-order valence-corrected chi connectivity index (χ2v) is 4.76. The molecule has 8 heteroatoms. The molecule has 0 spiro atoms. The normalized spacial score (nSPS) is 10.6. The van der Waals surface area contributed by atoms with Crippen molar-refractivity contribution in [3.05, 3.63) is 39.8 Å². The van der Waals surface area contributed by atoms with Gasteiger partial charge in [-0.25, -0.2) is 4.79 Å². The summed E-state index contributed by atoms with van der Waals surface area (Å²) in [5, 5.41) is 7.90. The van der Waals surface area contributed by atoms with E-state index < -0.39 is 5.69 Å². The van der Waals surface area contributed by atoms with Crippen LogP contribution in [0.3, 0.4) is 0 Å². The summed E-state index contributed by atoms with van der Waals surface area (Å²) in [5.41, 5.74) is -0.0608. The van der Waals surface area contributed by atoms with Gasteiger partial charge in [0.1, 0.15) is 6.54 Å². The molecule has 0 aliphatic carbocycles. The Morgan fingerprint density at radius 1 is 1.24 bits per heavy atom. The molecule has 0 saturated carbocycles. The first-order valence-electron chi connectivity index (χ1n) is 6.64. The van der Waals surface area contributed by atoms with Crippen LogP contribution in [0.25, 0.3) is 5.69 Å². The van der Waals surface area contributed by atoms with Gasteiger partial charge in [-0.3, -0.25) is 4.79 Å². The van der Waals surface area contributed by atoms with E-state index >= 15 is 0 Å². The average molecular weight is 310 g/mol. The summed E-state index contributed by atoms with van der Waals surface area (Å²) in [4.78, 5) is 25.9. The summed E-state index contributed by atoms with van der Waals surface area (Å²) >= 11 is 6.03. The zero-order valence-electron chi connectivity index (χ0n) is 11.9. The fourth-order valence-corrected chi connectivity index (χ4v) is 2.17. The Labute approximate surface area is 126 Å². The molecule has 1 aromatic carbocycles. The van der Waals surface area contributed by atoms with Crippen LogP contribution in [0, 0.1) is 0 Å². The van der Waals surface area contributed by atoms with Crippen molar-refractivity contribution in [2.75, 3.05) is 13.1 Å². The van der Waals surface area contributed by atoms with Gasteiger partial charge >= 0.3 is 5.69 Å². The first-order chi connectivity index (χ1) is 10.1. The van der Waals surface area contributed by atoms with Crippen LogP contribution in [0.5, 0.6) is 0 Å². The number of hydrogen-bond donors (Lipinski definition) is 0. The van der Waals surface area contributed by atoms with Gasteiger partial charge in [0.25, 0.3) is 0 Å². The Morgan fingerprint density at radius 2 is 1.90 bits per heavy atom. The molecular formula is C13H16ClN5O2. The van der Waals surface area contributed by atoms with E-state index in [0.717, 1.165) is 9.36 Å². The second-order valence-electron chi connectivity index (χ2n) is 4.35. The Kier molecular flexibility index (Phi) is 4.74. The van der Waals surface area contributed by atoms with Crippen LogP contribution in [-0.2, 0) is 11.3 Å². The smallest absolute Gasteiger partial charge is 0.342 e. The maximum atomic E-state index is 12.2. The highest BCUT2D eigenvalue weighted by Crippen LogP contribution is 2.16. The number of halogens is 1. The number of para-hydroxylation sites is 1. The molecular weight excluding hydrogens is 294 g/mol. The molecule has 2 aromatic rings. The van der Waals surface area contributed by atoms with E-state index in [1.807, 2.05) is 13.8 Å². The third kappa shape index (κ3) is 3.13. The number of benzene rings is 1. The van der Waals surface area contributed by atoms with Gasteiger partial charge < -0.3 is 4.90 Å². The van der Waals surface area contributed by atoms with Gasteiger partial charge in [-0.15, -0.1) is 0 Å². The highest BCUT2D eigenvalue weighted by molar-refractivity contribution is 6.32. The fourth-order valence-electron chi connectivity index (χ4n) is 1.95. The number of aromatic nitrogens is 4. The quantitative estimate of drug-likeness (QED) is 0.824. The molecule has 1 aromatic heterocycles. The van der Waals surface area contributed by atoms with Gasteiger partial charge in [-0.1, -0.05) is 23.7 Å². The molecule has 0 saturated heterocycles. The lowest BCUT2D eigenvalue weighted by Gasteiger charge is -2.17. The Morgan fingerprint density at radius 3 is 2.52 bits per heavy atom. The van der Waals surface area contributed by atoms with Crippen molar-refractivity contribution in [1.82, 2.24) is 24.7 Å². The van der Waals surface area contributed by atoms with E-state index in [2.05, 4.69) is 10.4 Å². The maximum Gasteiger partial charge on any atom is 0.369 e. The minimum Gasteiger partial charge on any atom is -0.342 e. The lowest BCUT2D eigenvalue weighted by Crippen LogP contribution is -2.37. The number of rotatable bonds is 5. The van der Waals surface area contributed by atoms with Gasteiger partial charge in [0, 0.05) is 13.1 Å². The Bertz CT molecular complexity index is 690. The Balaban J connectivity index is 2.28. The van der Waals surface area contributed by atoms with Gasteiger partial charge in [0.05, 0.1) is 10.7 Å². The molecule has 7 nitrogen and oxygen atoms in total. The molecule has 0 aliphatic rings. The maximum absolute atomic E-state index is 12.2. The fraction of sp³-hybridized carbons (Fsp3) is 0.385. The van der Waals surface area contributed by atoms with E-state index in [9.17, 15) is 9.59 Å². The number of tetrazole rings is 1. The average Bonchev–Trinajstić information content (AvgIpc) is 2.82. The molecule has 1 heterocycles. The summed E-state index contributed by atoms with van der Waals surface area (Å²) in [6.07, 6.45) is 0.